The summed E-state index contributed by atoms with van der Waals surface area (Å²) in [6.45, 7) is 7.44. The van der Waals surface area contributed by atoms with Crippen molar-refractivity contribution in [2.45, 2.75) is 71.8 Å². The summed E-state index contributed by atoms with van der Waals surface area (Å²) in [5, 5.41) is 3.57. The van der Waals surface area contributed by atoms with Crippen LogP contribution in [0.4, 0.5) is 5.69 Å². The van der Waals surface area contributed by atoms with Crippen LogP contribution in [0.25, 0.3) is 0 Å². The summed E-state index contributed by atoms with van der Waals surface area (Å²) in [5.41, 5.74) is 1.17. The van der Waals surface area contributed by atoms with E-state index in [4.69, 9.17) is 4.74 Å². The fraction of sp³-hybridized carbons (Fsp3) is 0.667. The molecule has 0 radical (unpaired) electrons. The van der Waals surface area contributed by atoms with Crippen molar-refractivity contribution in [1.82, 2.24) is 0 Å². The van der Waals surface area contributed by atoms with Crippen LogP contribution in [0.2, 0.25) is 0 Å². The van der Waals surface area contributed by atoms with E-state index in [0.717, 1.165) is 18.8 Å². The Balaban J connectivity index is 2.28. The molecule has 1 aromatic rings. The van der Waals surface area contributed by atoms with Crippen molar-refractivity contribution in [1.29, 1.82) is 0 Å². The number of benzene rings is 1. The van der Waals surface area contributed by atoms with E-state index >= 15 is 0 Å². The number of hydrogen-bond donors (Lipinski definition) is 1. The Hall–Kier alpha value is -1.18. The largest absolute Gasteiger partial charge is 0.494 e. The average Bonchev–Trinajstić information content (AvgIpc) is 2.45. The molecule has 0 aliphatic carbocycles. The van der Waals surface area contributed by atoms with Gasteiger partial charge in [0, 0.05) is 17.8 Å². The van der Waals surface area contributed by atoms with Gasteiger partial charge in [0.2, 0.25) is 0 Å². The van der Waals surface area contributed by atoms with Gasteiger partial charge in [-0.3, -0.25) is 0 Å². The van der Waals surface area contributed by atoms with Crippen LogP contribution >= 0.6 is 0 Å². The molecule has 1 aromatic carbocycles. The Labute approximate surface area is 124 Å². The molecule has 2 nitrogen and oxygen atoms in total. The van der Waals surface area contributed by atoms with Crippen LogP contribution < -0.4 is 10.1 Å². The second-order valence-electron chi connectivity index (χ2n) is 5.62. The van der Waals surface area contributed by atoms with E-state index in [1.54, 1.807) is 0 Å². The van der Waals surface area contributed by atoms with Gasteiger partial charge < -0.3 is 10.1 Å². The Kier molecular flexibility index (Phi) is 8.93. The molecule has 1 unspecified atom stereocenters. The maximum absolute atomic E-state index is 5.66. The van der Waals surface area contributed by atoms with Gasteiger partial charge in [-0.25, -0.2) is 0 Å². The highest BCUT2D eigenvalue weighted by Crippen LogP contribution is 2.19. The first kappa shape index (κ1) is 16.9. The van der Waals surface area contributed by atoms with E-state index in [1.165, 1.54) is 44.2 Å². The van der Waals surface area contributed by atoms with Crippen molar-refractivity contribution in [2.24, 2.45) is 0 Å². The van der Waals surface area contributed by atoms with Crippen molar-refractivity contribution in [3.63, 3.8) is 0 Å². The maximum atomic E-state index is 5.66. The molecule has 0 spiro atoms. The van der Waals surface area contributed by atoms with Crippen LogP contribution in [-0.2, 0) is 0 Å². The van der Waals surface area contributed by atoms with Gasteiger partial charge in [0.25, 0.3) is 0 Å². The minimum absolute atomic E-state index is 0.526. The zero-order chi connectivity index (χ0) is 14.6. The molecule has 0 saturated heterocycles. The predicted octanol–water partition coefficient (Wildman–Crippen LogP) is 5.64. The molecule has 1 N–H and O–H groups in total. The second-order valence-corrected chi connectivity index (χ2v) is 5.62. The normalized spacial score (nSPS) is 12.2. The molecule has 0 fully saturated rings. The first-order chi connectivity index (χ1) is 9.76. The summed E-state index contributed by atoms with van der Waals surface area (Å²) in [4.78, 5) is 0. The lowest BCUT2D eigenvalue weighted by Crippen LogP contribution is -2.14. The third-order valence-corrected chi connectivity index (χ3v) is 3.46. The third-order valence-electron chi connectivity index (χ3n) is 3.46. The maximum Gasteiger partial charge on any atom is 0.121 e. The van der Waals surface area contributed by atoms with Gasteiger partial charge in [-0.05, 0) is 31.9 Å². The smallest absolute Gasteiger partial charge is 0.121 e. The predicted molar refractivity (Wildman–Crippen MR) is 88.7 cm³/mol. The Morgan fingerprint density at radius 3 is 2.60 bits per heavy atom. The molecule has 0 aliphatic heterocycles. The molecule has 0 amide bonds. The van der Waals surface area contributed by atoms with Crippen LogP contribution in [-0.4, -0.2) is 12.6 Å². The summed E-state index contributed by atoms with van der Waals surface area (Å²) < 4.78 is 5.66. The highest BCUT2D eigenvalue weighted by molar-refractivity contribution is 5.48. The van der Waals surface area contributed by atoms with E-state index in [0.29, 0.717) is 6.04 Å². The van der Waals surface area contributed by atoms with Gasteiger partial charge in [-0.2, -0.15) is 0 Å². The molecule has 0 saturated carbocycles. The number of hydrogen-bond acceptors (Lipinski definition) is 2. The first-order valence-electron chi connectivity index (χ1n) is 8.25. The number of nitrogens with one attached hydrogen (secondary N) is 1. The zero-order valence-electron chi connectivity index (χ0n) is 13.5. The molecule has 0 aromatic heterocycles. The van der Waals surface area contributed by atoms with E-state index < -0.39 is 0 Å². The lowest BCUT2D eigenvalue weighted by molar-refractivity contribution is 0.317. The lowest BCUT2D eigenvalue weighted by Gasteiger charge is -2.16. The summed E-state index contributed by atoms with van der Waals surface area (Å²) in [7, 11) is 0. The molecule has 0 aliphatic rings. The van der Waals surface area contributed by atoms with Crippen LogP contribution in [0.3, 0.4) is 0 Å². The quantitative estimate of drug-likeness (QED) is 0.529. The summed E-state index contributed by atoms with van der Waals surface area (Å²) in [5.74, 6) is 0.965. The molecule has 1 atom stereocenters. The van der Waals surface area contributed by atoms with E-state index in [9.17, 15) is 0 Å². The Bertz CT molecular complexity index is 351. The average molecular weight is 277 g/mol. The molecular weight excluding hydrogens is 246 g/mol. The zero-order valence-corrected chi connectivity index (χ0v) is 13.5. The van der Waals surface area contributed by atoms with Crippen molar-refractivity contribution in [3.05, 3.63) is 24.3 Å². The second kappa shape index (κ2) is 10.6. The van der Waals surface area contributed by atoms with Gasteiger partial charge in [0.15, 0.2) is 0 Å². The van der Waals surface area contributed by atoms with Crippen LogP contribution in [0, 0.1) is 0 Å². The third kappa shape index (κ3) is 7.42. The monoisotopic (exact) mass is 277 g/mol. The summed E-state index contributed by atoms with van der Waals surface area (Å²) in [6.07, 6.45) is 9.04. The van der Waals surface area contributed by atoms with Crippen molar-refractivity contribution in [2.75, 3.05) is 11.9 Å². The Morgan fingerprint density at radius 1 is 1.05 bits per heavy atom. The van der Waals surface area contributed by atoms with E-state index in [1.807, 2.05) is 6.07 Å². The fourth-order valence-electron chi connectivity index (χ4n) is 2.31. The van der Waals surface area contributed by atoms with Gasteiger partial charge >= 0.3 is 0 Å². The van der Waals surface area contributed by atoms with Gasteiger partial charge in [0.05, 0.1) is 6.61 Å². The van der Waals surface area contributed by atoms with Gasteiger partial charge in [-0.15, -0.1) is 0 Å². The number of rotatable bonds is 11. The fourth-order valence-corrected chi connectivity index (χ4v) is 2.31. The van der Waals surface area contributed by atoms with Crippen molar-refractivity contribution < 1.29 is 4.74 Å². The van der Waals surface area contributed by atoms with Gasteiger partial charge in [0.1, 0.15) is 5.75 Å². The standard InChI is InChI=1S/C18H31NO/c1-4-6-7-8-9-11-16(3)19-17-12-10-13-18(15-17)20-14-5-2/h10,12-13,15-16,19H,4-9,11,14H2,1-3H3. The number of unbranched alkanes of at least 4 members (excludes halogenated alkanes) is 4. The molecule has 1 rings (SSSR count). The minimum atomic E-state index is 0.526. The molecule has 0 heterocycles. The van der Waals surface area contributed by atoms with Crippen molar-refractivity contribution >= 4 is 5.69 Å². The van der Waals surface area contributed by atoms with Crippen LogP contribution in [0.1, 0.15) is 65.7 Å². The molecular formula is C18H31NO. The highest BCUT2D eigenvalue weighted by atomic mass is 16.5. The SMILES string of the molecule is CCCCCCCC(C)Nc1cccc(OCCC)c1. The number of ether oxygens (including phenoxy) is 1. The lowest BCUT2D eigenvalue weighted by atomic mass is 10.1. The minimum Gasteiger partial charge on any atom is -0.494 e. The van der Waals surface area contributed by atoms with Crippen LogP contribution in [0.15, 0.2) is 24.3 Å². The highest BCUT2D eigenvalue weighted by Gasteiger charge is 2.03. The molecule has 2 heteroatoms. The van der Waals surface area contributed by atoms with Crippen LogP contribution in [0.5, 0.6) is 5.75 Å². The van der Waals surface area contributed by atoms with E-state index in [2.05, 4.69) is 44.3 Å². The number of anilines is 1. The Morgan fingerprint density at radius 2 is 1.85 bits per heavy atom. The summed E-state index contributed by atoms with van der Waals surface area (Å²) >= 11 is 0. The molecule has 114 valence electrons. The molecule has 20 heavy (non-hydrogen) atoms. The summed E-state index contributed by atoms with van der Waals surface area (Å²) in [6, 6.07) is 8.82. The molecule has 0 bridgehead atoms. The van der Waals surface area contributed by atoms with Gasteiger partial charge in [-0.1, -0.05) is 52.0 Å². The topological polar surface area (TPSA) is 21.3 Å². The van der Waals surface area contributed by atoms with E-state index in [-0.39, 0.29) is 0 Å². The van der Waals surface area contributed by atoms with Crippen molar-refractivity contribution in [3.8, 4) is 5.75 Å². The first-order valence-corrected chi connectivity index (χ1v) is 8.25.